The molecule has 9 nitrogen and oxygen atoms in total. The van der Waals surface area contributed by atoms with E-state index in [1.165, 1.54) is 4.90 Å². The van der Waals surface area contributed by atoms with E-state index in [1.807, 2.05) is 30.4 Å². The van der Waals surface area contributed by atoms with Crippen LogP contribution in [-0.4, -0.2) is 78.4 Å². The summed E-state index contributed by atoms with van der Waals surface area (Å²) < 4.78 is 16.6. The van der Waals surface area contributed by atoms with Crippen LogP contribution in [0.1, 0.15) is 42.5 Å². The van der Waals surface area contributed by atoms with Crippen LogP contribution in [0, 0.1) is 5.92 Å². The van der Waals surface area contributed by atoms with E-state index in [2.05, 4.69) is 0 Å². The van der Waals surface area contributed by atoms with Crippen molar-refractivity contribution in [3.8, 4) is 11.5 Å². The number of aliphatic hydroxyl groups excluding tert-OH is 2. The van der Waals surface area contributed by atoms with Gasteiger partial charge in [-0.1, -0.05) is 30.4 Å². The maximum absolute atomic E-state index is 12.4. The average Bonchev–Trinajstić information content (AvgIpc) is 3.20. The fourth-order valence-corrected chi connectivity index (χ4v) is 4.23. The van der Waals surface area contributed by atoms with E-state index >= 15 is 0 Å². The van der Waals surface area contributed by atoms with Gasteiger partial charge >= 0.3 is 5.97 Å². The quantitative estimate of drug-likeness (QED) is 0.162. The van der Waals surface area contributed by atoms with Crippen LogP contribution in [0.4, 0.5) is 0 Å². The summed E-state index contributed by atoms with van der Waals surface area (Å²) in [5.41, 5.74) is 0.513. The van der Waals surface area contributed by atoms with Crippen LogP contribution in [0.3, 0.4) is 0 Å². The Balaban J connectivity index is 1.35. The molecule has 9 heteroatoms. The molecule has 1 aliphatic rings. The van der Waals surface area contributed by atoms with Crippen LogP contribution in [0.15, 0.2) is 66.7 Å². The Hall–Kier alpha value is -3.53. The van der Waals surface area contributed by atoms with E-state index in [0.29, 0.717) is 36.3 Å². The number of carbonyl (C=O) groups excluding carboxylic acids is 3. The summed E-state index contributed by atoms with van der Waals surface area (Å²) in [6.45, 7) is -0.0198. The summed E-state index contributed by atoms with van der Waals surface area (Å²) in [7, 11) is 3.34. The van der Waals surface area contributed by atoms with Crippen molar-refractivity contribution in [1.82, 2.24) is 4.90 Å². The summed E-state index contributed by atoms with van der Waals surface area (Å²) in [5, 5.41) is 20.5. The second-order valence-electron chi connectivity index (χ2n) is 9.72. The lowest BCUT2D eigenvalue weighted by Gasteiger charge is -2.22. The standard InChI is InChI=1S/C30H37NO8/c1-31(2)30(36)21-14-16-24(17-15-21)39-28(35)13-9-4-3-8-12-25-26(33)18-27(34)29(25)38-20-22(32)19-37-23-10-6-5-7-11-23/h3,5-8,10-11,14-17,22,25,27,29,32,34H,4,9,12-13,18-20H2,1-2H3/b8-3-/t22?,25-,27+,29+/m0/s1. The Labute approximate surface area is 229 Å². The molecule has 0 aromatic heterocycles. The first-order valence-electron chi connectivity index (χ1n) is 13.1. The van der Waals surface area contributed by atoms with Crippen LogP contribution in [0.2, 0.25) is 0 Å². The molecule has 0 spiro atoms. The van der Waals surface area contributed by atoms with E-state index in [1.54, 1.807) is 50.5 Å². The first-order chi connectivity index (χ1) is 18.7. The molecule has 0 radical (unpaired) electrons. The number of allylic oxidation sites excluding steroid dienone is 2. The highest BCUT2D eigenvalue weighted by molar-refractivity contribution is 5.94. The number of ether oxygens (including phenoxy) is 3. The van der Waals surface area contributed by atoms with Crippen molar-refractivity contribution in [3.05, 3.63) is 72.3 Å². The third kappa shape index (κ3) is 9.62. The van der Waals surface area contributed by atoms with Crippen LogP contribution >= 0.6 is 0 Å². The fourth-order valence-electron chi connectivity index (χ4n) is 4.23. The van der Waals surface area contributed by atoms with Crippen LogP contribution < -0.4 is 9.47 Å². The minimum Gasteiger partial charge on any atom is -0.491 e. The van der Waals surface area contributed by atoms with E-state index in [-0.39, 0.29) is 43.7 Å². The normalized spacial score (nSPS) is 19.7. The fraction of sp³-hybridized carbons (Fsp3) is 0.433. The van der Waals surface area contributed by atoms with Crippen molar-refractivity contribution in [2.24, 2.45) is 5.92 Å². The molecule has 2 aromatic carbocycles. The number of Topliss-reactive ketones (excluding diaryl/α,β-unsaturated/α-hetero) is 1. The first-order valence-corrected chi connectivity index (χ1v) is 13.1. The van der Waals surface area contributed by atoms with E-state index < -0.39 is 24.2 Å². The number of aliphatic hydroxyl groups is 2. The Morgan fingerprint density at radius 2 is 1.74 bits per heavy atom. The van der Waals surface area contributed by atoms with Gasteiger partial charge in [-0.05, 0) is 55.7 Å². The van der Waals surface area contributed by atoms with Gasteiger partial charge in [0, 0.05) is 38.4 Å². The molecule has 210 valence electrons. The van der Waals surface area contributed by atoms with Crippen molar-refractivity contribution in [3.63, 3.8) is 0 Å². The lowest BCUT2D eigenvalue weighted by molar-refractivity contribution is -0.134. The van der Waals surface area contributed by atoms with E-state index in [0.717, 1.165) is 0 Å². The Bertz CT molecular complexity index is 1100. The highest BCUT2D eigenvalue weighted by Gasteiger charge is 2.41. The maximum Gasteiger partial charge on any atom is 0.311 e. The molecular weight excluding hydrogens is 502 g/mol. The van der Waals surface area contributed by atoms with Gasteiger partial charge in [0.2, 0.25) is 0 Å². The lowest BCUT2D eigenvalue weighted by Crippen LogP contribution is -2.34. The molecule has 39 heavy (non-hydrogen) atoms. The molecule has 0 saturated heterocycles. The molecule has 0 aliphatic heterocycles. The van der Waals surface area contributed by atoms with Crippen molar-refractivity contribution < 1.29 is 38.8 Å². The van der Waals surface area contributed by atoms with Gasteiger partial charge in [0.25, 0.3) is 5.91 Å². The minimum atomic E-state index is -0.914. The predicted molar refractivity (Wildman–Crippen MR) is 145 cm³/mol. The number of rotatable bonds is 14. The van der Waals surface area contributed by atoms with Crippen molar-refractivity contribution in [2.75, 3.05) is 27.3 Å². The molecular formula is C30H37NO8. The number of carbonyl (C=O) groups is 3. The molecule has 1 aliphatic carbocycles. The molecule has 1 amide bonds. The van der Waals surface area contributed by atoms with Gasteiger partial charge in [0.1, 0.15) is 30.0 Å². The molecule has 4 atom stereocenters. The largest absolute Gasteiger partial charge is 0.491 e. The average molecular weight is 540 g/mol. The van der Waals surface area contributed by atoms with Crippen molar-refractivity contribution in [1.29, 1.82) is 0 Å². The van der Waals surface area contributed by atoms with Crippen molar-refractivity contribution in [2.45, 2.75) is 50.4 Å². The van der Waals surface area contributed by atoms with Gasteiger partial charge in [0.15, 0.2) is 0 Å². The molecule has 1 unspecified atom stereocenters. The Morgan fingerprint density at radius 1 is 1.03 bits per heavy atom. The van der Waals surface area contributed by atoms with Crippen LogP contribution in [0.5, 0.6) is 11.5 Å². The smallest absolute Gasteiger partial charge is 0.311 e. The number of ketones is 1. The summed E-state index contributed by atoms with van der Waals surface area (Å²) >= 11 is 0. The zero-order valence-electron chi connectivity index (χ0n) is 22.4. The van der Waals surface area contributed by atoms with Gasteiger partial charge in [-0.2, -0.15) is 0 Å². The second kappa shape index (κ2) is 15.2. The predicted octanol–water partition coefficient (Wildman–Crippen LogP) is 3.19. The number of hydrogen-bond acceptors (Lipinski definition) is 8. The van der Waals surface area contributed by atoms with Gasteiger partial charge in [-0.25, -0.2) is 0 Å². The van der Waals surface area contributed by atoms with Crippen molar-refractivity contribution >= 4 is 17.7 Å². The lowest BCUT2D eigenvalue weighted by atomic mass is 9.99. The Morgan fingerprint density at radius 3 is 2.44 bits per heavy atom. The van der Waals surface area contributed by atoms with Crippen LogP contribution in [-0.2, 0) is 14.3 Å². The summed E-state index contributed by atoms with van der Waals surface area (Å²) in [6, 6.07) is 15.5. The third-order valence-electron chi connectivity index (χ3n) is 6.31. The molecule has 1 fully saturated rings. The number of benzene rings is 2. The molecule has 3 rings (SSSR count). The maximum atomic E-state index is 12.4. The summed E-state index contributed by atoms with van der Waals surface area (Å²) in [4.78, 5) is 37.9. The number of amides is 1. The zero-order valence-corrected chi connectivity index (χ0v) is 22.4. The number of hydrogen-bond donors (Lipinski definition) is 2. The summed E-state index contributed by atoms with van der Waals surface area (Å²) in [5.74, 6) is -0.0486. The highest BCUT2D eigenvalue weighted by Crippen LogP contribution is 2.29. The second-order valence-corrected chi connectivity index (χ2v) is 9.72. The van der Waals surface area contributed by atoms with Gasteiger partial charge in [-0.3, -0.25) is 14.4 Å². The summed E-state index contributed by atoms with van der Waals surface area (Å²) in [6.07, 6.45) is 3.09. The Kier molecular flexibility index (Phi) is 11.7. The number of para-hydroxylation sites is 1. The van der Waals surface area contributed by atoms with Crippen LogP contribution in [0.25, 0.3) is 0 Å². The molecule has 2 aromatic rings. The number of esters is 1. The first kappa shape index (κ1) is 30.0. The zero-order chi connectivity index (χ0) is 28.2. The number of unbranched alkanes of at least 4 members (excludes halogenated alkanes) is 1. The van der Waals surface area contributed by atoms with E-state index in [4.69, 9.17) is 14.2 Å². The van der Waals surface area contributed by atoms with Gasteiger partial charge in [0.05, 0.1) is 18.8 Å². The molecule has 0 bridgehead atoms. The van der Waals surface area contributed by atoms with Gasteiger partial charge < -0.3 is 29.3 Å². The number of nitrogens with zero attached hydrogens (tertiary/aromatic N) is 1. The van der Waals surface area contributed by atoms with Gasteiger partial charge in [-0.15, -0.1) is 0 Å². The topological polar surface area (TPSA) is 123 Å². The molecule has 2 N–H and O–H groups in total. The monoisotopic (exact) mass is 539 g/mol. The molecule has 1 saturated carbocycles. The minimum absolute atomic E-state index is 0.0237. The van der Waals surface area contributed by atoms with E-state index in [9.17, 15) is 24.6 Å². The molecule has 0 heterocycles. The third-order valence-corrected chi connectivity index (χ3v) is 6.31. The SMILES string of the molecule is CN(C)C(=O)c1ccc(OC(=O)CCC/C=C\C[C@H]2C(=O)C[C@@H](O)[C@@H]2OCC(O)COc2ccccc2)cc1. The highest BCUT2D eigenvalue weighted by atomic mass is 16.5.